The molecular formula is C27H36N8O2. The Kier molecular flexibility index (Phi) is 7.96. The summed E-state index contributed by atoms with van der Waals surface area (Å²) in [6.07, 6.45) is 13.9. The summed E-state index contributed by atoms with van der Waals surface area (Å²) >= 11 is 0. The molecule has 2 aromatic rings. The highest BCUT2D eigenvalue weighted by molar-refractivity contribution is 5.81. The first-order valence-electron chi connectivity index (χ1n) is 13.2. The maximum Gasteiger partial charge on any atom is 0.158 e. The van der Waals surface area contributed by atoms with Crippen LogP contribution in [0.1, 0.15) is 38.5 Å². The zero-order chi connectivity index (χ0) is 25.6. The summed E-state index contributed by atoms with van der Waals surface area (Å²) in [6, 6.07) is 8.06. The SMILES string of the molecule is CN1CCN(C2CCC(Nc3ncnc(N)c3N(N=O)c3ccc(OC4=CCCC=C4)cc3)CC2)CC1. The smallest absolute Gasteiger partial charge is 0.158 e. The van der Waals surface area contributed by atoms with Crippen LogP contribution in [0.25, 0.3) is 0 Å². The molecule has 1 aromatic carbocycles. The van der Waals surface area contributed by atoms with Crippen LogP contribution in [0, 0.1) is 4.91 Å². The lowest BCUT2D eigenvalue weighted by atomic mass is 9.89. The number of anilines is 4. The molecule has 3 aliphatic rings. The van der Waals surface area contributed by atoms with Gasteiger partial charge in [-0.3, -0.25) is 4.90 Å². The standard InChI is InChI=1S/C27H36N8O2/c1-33-15-17-34(18-16-33)21-9-7-20(8-10-21)31-27-25(26(28)29-19-30-27)35(32-36)22-11-13-24(14-12-22)37-23-5-3-2-4-6-23/h3,5-6,11-14,19-21H,2,4,7-10,15-18H2,1H3,(H3,28,29,30,31). The first-order valence-corrected chi connectivity index (χ1v) is 13.2. The molecule has 2 heterocycles. The molecule has 37 heavy (non-hydrogen) atoms. The Morgan fingerprint density at radius 2 is 1.81 bits per heavy atom. The van der Waals surface area contributed by atoms with Crippen LogP contribution in [0.15, 0.2) is 59.9 Å². The number of allylic oxidation sites excluding steroid dienone is 3. The van der Waals surface area contributed by atoms with Crippen LogP contribution < -0.4 is 20.8 Å². The number of ether oxygens (including phenoxy) is 1. The number of nitrogen functional groups attached to an aromatic ring is 1. The fraction of sp³-hybridized carbons (Fsp3) is 0.481. The van der Waals surface area contributed by atoms with Gasteiger partial charge in [-0.2, -0.15) is 5.01 Å². The maximum atomic E-state index is 12.0. The second-order valence-electron chi connectivity index (χ2n) is 10.0. The van der Waals surface area contributed by atoms with E-state index in [0.29, 0.717) is 29.0 Å². The molecule has 1 aliphatic heterocycles. The van der Waals surface area contributed by atoms with Gasteiger partial charge in [-0.05, 0) is 82.0 Å². The Labute approximate surface area is 218 Å². The number of nitrogens with zero attached hydrogens (tertiary/aromatic N) is 6. The molecule has 1 aromatic heterocycles. The zero-order valence-corrected chi connectivity index (χ0v) is 21.4. The van der Waals surface area contributed by atoms with E-state index in [-0.39, 0.29) is 11.9 Å². The summed E-state index contributed by atoms with van der Waals surface area (Å²) in [5.74, 6) is 2.22. The molecule has 196 valence electrons. The predicted octanol–water partition coefficient (Wildman–Crippen LogP) is 4.46. The van der Waals surface area contributed by atoms with E-state index in [1.807, 2.05) is 18.2 Å². The largest absolute Gasteiger partial charge is 0.458 e. The van der Waals surface area contributed by atoms with Gasteiger partial charge < -0.3 is 20.7 Å². The zero-order valence-electron chi connectivity index (χ0n) is 21.4. The summed E-state index contributed by atoms with van der Waals surface area (Å²) in [6.45, 7) is 4.56. The molecule has 10 heteroatoms. The Hall–Kier alpha value is -3.50. The van der Waals surface area contributed by atoms with Crippen LogP contribution in [-0.2, 0) is 0 Å². The number of nitroso groups, excluding NO2 is 1. The first kappa shape index (κ1) is 25.2. The van der Waals surface area contributed by atoms with E-state index in [4.69, 9.17) is 10.5 Å². The highest BCUT2D eigenvalue weighted by Crippen LogP contribution is 2.37. The lowest BCUT2D eigenvalue weighted by Gasteiger charge is -2.41. The van der Waals surface area contributed by atoms with Gasteiger partial charge in [0, 0.05) is 38.3 Å². The molecule has 0 radical (unpaired) electrons. The topological polar surface area (TPSA) is 112 Å². The van der Waals surface area contributed by atoms with Crippen LogP contribution in [0.4, 0.5) is 23.0 Å². The first-order chi connectivity index (χ1) is 18.1. The molecule has 3 N–H and O–H groups in total. The molecule has 1 saturated heterocycles. The van der Waals surface area contributed by atoms with Crippen LogP contribution >= 0.6 is 0 Å². The minimum Gasteiger partial charge on any atom is -0.458 e. The van der Waals surface area contributed by atoms with Crippen LogP contribution in [0.5, 0.6) is 5.75 Å². The number of nitrogens with one attached hydrogen (secondary N) is 1. The molecule has 5 rings (SSSR count). The van der Waals surface area contributed by atoms with E-state index < -0.39 is 0 Å². The molecule has 0 bridgehead atoms. The summed E-state index contributed by atoms with van der Waals surface area (Å²) in [7, 11) is 2.19. The van der Waals surface area contributed by atoms with Crippen LogP contribution in [0.3, 0.4) is 0 Å². The molecule has 2 aliphatic carbocycles. The van der Waals surface area contributed by atoms with Crippen molar-refractivity contribution in [1.29, 1.82) is 0 Å². The van der Waals surface area contributed by atoms with Gasteiger partial charge in [0.2, 0.25) is 0 Å². The quantitative estimate of drug-likeness (QED) is 0.397. The number of nitrogens with two attached hydrogens (primary N) is 1. The Bertz CT molecular complexity index is 1120. The normalized spacial score (nSPS) is 22.8. The summed E-state index contributed by atoms with van der Waals surface area (Å²) in [5.41, 5.74) is 7.16. The molecule has 0 atom stereocenters. The molecule has 2 fully saturated rings. The van der Waals surface area contributed by atoms with Crippen molar-refractivity contribution in [3.8, 4) is 5.75 Å². The Morgan fingerprint density at radius 1 is 1.05 bits per heavy atom. The van der Waals surface area contributed by atoms with Crippen molar-refractivity contribution < 1.29 is 4.74 Å². The molecule has 1 saturated carbocycles. The lowest BCUT2D eigenvalue weighted by molar-refractivity contribution is 0.0894. The van der Waals surface area contributed by atoms with Gasteiger partial charge in [-0.1, -0.05) is 6.08 Å². The number of benzene rings is 1. The van der Waals surface area contributed by atoms with Crippen LogP contribution in [0.2, 0.25) is 0 Å². The van der Waals surface area contributed by atoms with E-state index in [1.165, 1.54) is 11.3 Å². The monoisotopic (exact) mass is 504 g/mol. The van der Waals surface area contributed by atoms with Gasteiger partial charge >= 0.3 is 0 Å². The summed E-state index contributed by atoms with van der Waals surface area (Å²) in [5, 5.41) is 8.06. The number of piperazine rings is 1. The summed E-state index contributed by atoms with van der Waals surface area (Å²) < 4.78 is 5.91. The van der Waals surface area contributed by atoms with Crippen molar-refractivity contribution in [2.75, 3.05) is 49.3 Å². The minimum atomic E-state index is 0.195. The van der Waals surface area contributed by atoms with Crippen molar-refractivity contribution in [3.63, 3.8) is 0 Å². The fourth-order valence-electron chi connectivity index (χ4n) is 5.35. The van der Waals surface area contributed by atoms with Crippen molar-refractivity contribution in [2.24, 2.45) is 5.29 Å². The third-order valence-corrected chi connectivity index (χ3v) is 7.51. The van der Waals surface area contributed by atoms with Crippen molar-refractivity contribution in [3.05, 3.63) is 59.5 Å². The van der Waals surface area contributed by atoms with Gasteiger partial charge in [-0.25, -0.2) is 9.97 Å². The molecule has 10 nitrogen and oxygen atoms in total. The fourth-order valence-corrected chi connectivity index (χ4v) is 5.35. The van der Waals surface area contributed by atoms with E-state index in [0.717, 1.165) is 70.5 Å². The average molecular weight is 505 g/mol. The number of hydrogen-bond acceptors (Lipinski definition) is 9. The van der Waals surface area contributed by atoms with E-state index in [2.05, 4.69) is 49.6 Å². The third kappa shape index (κ3) is 6.08. The predicted molar refractivity (Wildman–Crippen MR) is 147 cm³/mol. The van der Waals surface area contributed by atoms with Crippen molar-refractivity contribution in [2.45, 2.75) is 50.6 Å². The summed E-state index contributed by atoms with van der Waals surface area (Å²) in [4.78, 5) is 25.6. The van der Waals surface area contributed by atoms with E-state index in [1.54, 1.807) is 12.1 Å². The number of rotatable bonds is 8. The number of hydrogen-bond donors (Lipinski definition) is 2. The van der Waals surface area contributed by atoms with Crippen LogP contribution in [-0.4, -0.2) is 65.1 Å². The molecule has 0 amide bonds. The Morgan fingerprint density at radius 3 is 2.49 bits per heavy atom. The van der Waals surface area contributed by atoms with Crippen molar-refractivity contribution >= 4 is 23.0 Å². The molecule has 0 spiro atoms. The number of likely N-dealkylation sites (N-methyl/N-ethyl adjacent to an activating group) is 1. The van der Waals surface area contributed by atoms with Gasteiger partial charge in [0.15, 0.2) is 17.3 Å². The second-order valence-corrected chi connectivity index (χ2v) is 10.0. The third-order valence-electron chi connectivity index (χ3n) is 7.51. The second kappa shape index (κ2) is 11.7. The van der Waals surface area contributed by atoms with Gasteiger partial charge in [0.1, 0.15) is 17.8 Å². The van der Waals surface area contributed by atoms with Gasteiger partial charge in [0.25, 0.3) is 0 Å². The molecular weight excluding hydrogens is 468 g/mol. The maximum absolute atomic E-state index is 12.0. The van der Waals surface area contributed by atoms with Gasteiger partial charge in [0.05, 0.1) is 11.0 Å². The van der Waals surface area contributed by atoms with Crippen molar-refractivity contribution in [1.82, 2.24) is 19.8 Å². The Balaban J connectivity index is 1.26. The highest BCUT2D eigenvalue weighted by atomic mass is 16.5. The number of aromatic nitrogens is 2. The average Bonchev–Trinajstić information content (AvgIpc) is 2.93. The highest BCUT2D eigenvalue weighted by Gasteiger charge is 2.29. The lowest BCUT2D eigenvalue weighted by Crippen LogP contribution is -2.50. The van der Waals surface area contributed by atoms with E-state index >= 15 is 0 Å². The molecule has 0 unspecified atom stereocenters. The minimum absolute atomic E-state index is 0.195. The van der Waals surface area contributed by atoms with E-state index in [9.17, 15) is 4.91 Å². The van der Waals surface area contributed by atoms with Gasteiger partial charge in [-0.15, -0.1) is 4.91 Å².